The van der Waals surface area contributed by atoms with Crippen molar-refractivity contribution < 1.29 is 14.0 Å². The molecule has 0 amide bonds. The summed E-state index contributed by atoms with van der Waals surface area (Å²) in [4.78, 5) is 11.7. The minimum absolute atomic E-state index is 0.0518. The highest BCUT2D eigenvalue weighted by atomic mass is 16.5. The Morgan fingerprint density at radius 1 is 1.29 bits per heavy atom. The molecule has 0 unspecified atom stereocenters. The first-order valence-corrected chi connectivity index (χ1v) is 6.90. The zero-order chi connectivity index (χ0) is 12.9. The summed E-state index contributed by atoms with van der Waals surface area (Å²) in [6.45, 7) is 10.2. The van der Waals surface area contributed by atoms with Crippen LogP contribution in [0.25, 0.3) is 0 Å². The molecule has 1 fully saturated rings. The molecule has 1 aliphatic heterocycles. The molecule has 0 atom stereocenters. The number of quaternary nitrogens is 1. The Hall–Kier alpha value is -0.570. The first-order valence-electron chi connectivity index (χ1n) is 6.90. The summed E-state index contributed by atoms with van der Waals surface area (Å²) in [5, 5.41) is 0. The van der Waals surface area contributed by atoms with E-state index in [2.05, 4.69) is 7.05 Å². The first-order chi connectivity index (χ1) is 7.90. The van der Waals surface area contributed by atoms with Gasteiger partial charge < -0.3 is 9.22 Å². The molecule has 0 bridgehead atoms. The lowest BCUT2D eigenvalue weighted by molar-refractivity contribution is -0.897. The van der Waals surface area contributed by atoms with E-state index in [9.17, 15) is 4.79 Å². The lowest BCUT2D eigenvalue weighted by Gasteiger charge is -2.29. The van der Waals surface area contributed by atoms with E-state index in [1.807, 2.05) is 20.8 Å². The van der Waals surface area contributed by atoms with Gasteiger partial charge in [0, 0.05) is 19.3 Å². The third-order valence-electron chi connectivity index (χ3n) is 4.16. The molecule has 3 nitrogen and oxygen atoms in total. The van der Waals surface area contributed by atoms with Gasteiger partial charge in [0.2, 0.25) is 0 Å². The van der Waals surface area contributed by atoms with Gasteiger partial charge in [-0.1, -0.05) is 6.92 Å². The maximum absolute atomic E-state index is 11.7. The number of likely N-dealkylation sites (tertiary alicyclic amines) is 1. The third kappa shape index (κ3) is 4.30. The van der Waals surface area contributed by atoms with Crippen LogP contribution in [0.4, 0.5) is 0 Å². The van der Waals surface area contributed by atoms with Crippen molar-refractivity contribution in [3.8, 4) is 0 Å². The zero-order valence-corrected chi connectivity index (χ0v) is 11.9. The number of hydrogen-bond acceptors (Lipinski definition) is 2. The summed E-state index contributed by atoms with van der Waals surface area (Å²) in [5.74, 6) is -0.0518. The Bertz CT molecular complexity index is 255. The van der Waals surface area contributed by atoms with Crippen LogP contribution < -0.4 is 0 Å². The Morgan fingerprint density at radius 3 is 2.41 bits per heavy atom. The predicted octanol–water partition coefficient (Wildman–Crippen LogP) is 2.60. The van der Waals surface area contributed by atoms with Gasteiger partial charge in [-0.3, -0.25) is 4.79 Å². The number of hydrogen-bond donors (Lipinski definition) is 0. The van der Waals surface area contributed by atoms with E-state index in [1.54, 1.807) is 0 Å². The van der Waals surface area contributed by atoms with Crippen molar-refractivity contribution in [3.63, 3.8) is 0 Å². The van der Waals surface area contributed by atoms with E-state index in [0.717, 1.165) is 23.9 Å². The van der Waals surface area contributed by atoms with Gasteiger partial charge in [-0.15, -0.1) is 0 Å². The average molecular weight is 242 g/mol. The molecule has 100 valence electrons. The summed E-state index contributed by atoms with van der Waals surface area (Å²) in [5.41, 5.74) is -0.327. The molecule has 1 heterocycles. The largest absolute Gasteiger partial charge is 0.465 e. The quantitative estimate of drug-likeness (QED) is 0.406. The topological polar surface area (TPSA) is 26.3 Å². The molecule has 1 rings (SSSR count). The molecule has 0 aromatic heterocycles. The van der Waals surface area contributed by atoms with Gasteiger partial charge in [-0.2, -0.15) is 0 Å². The van der Waals surface area contributed by atoms with Crippen molar-refractivity contribution in [2.45, 2.75) is 46.5 Å². The van der Waals surface area contributed by atoms with Crippen LogP contribution in [0.1, 0.15) is 46.5 Å². The van der Waals surface area contributed by atoms with E-state index in [1.165, 1.54) is 25.9 Å². The van der Waals surface area contributed by atoms with Crippen molar-refractivity contribution in [3.05, 3.63) is 0 Å². The van der Waals surface area contributed by atoms with Crippen LogP contribution in [0, 0.1) is 5.41 Å². The molecule has 0 spiro atoms. The molecule has 1 saturated heterocycles. The fraction of sp³-hybridized carbons (Fsp3) is 0.929. The van der Waals surface area contributed by atoms with Crippen molar-refractivity contribution in [2.75, 3.05) is 33.3 Å². The third-order valence-corrected chi connectivity index (χ3v) is 4.16. The summed E-state index contributed by atoms with van der Waals surface area (Å²) < 4.78 is 6.52. The average Bonchev–Trinajstić information content (AvgIpc) is 2.71. The van der Waals surface area contributed by atoms with Gasteiger partial charge >= 0.3 is 5.97 Å². The Morgan fingerprint density at radius 2 is 1.88 bits per heavy atom. The van der Waals surface area contributed by atoms with Crippen LogP contribution in [0.5, 0.6) is 0 Å². The summed E-state index contributed by atoms with van der Waals surface area (Å²) in [6, 6.07) is 0. The van der Waals surface area contributed by atoms with Crippen LogP contribution in [0.3, 0.4) is 0 Å². The fourth-order valence-electron chi connectivity index (χ4n) is 2.27. The number of esters is 1. The predicted molar refractivity (Wildman–Crippen MR) is 69.7 cm³/mol. The van der Waals surface area contributed by atoms with Crippen LogP contribution in [0.2, 0.25) is 0 Å². The van der Waals surface area contributed by atoms with Gasteiger partial charge in [-0.05, 0) is 20.3 Å². The molecule has 0 saturated carbocycles. The molecule has 1 aliphatic rings. The zero-order valence-electron chi connectivity index (χ0n) is 11.9. The lowest BCUT2D eigenvalue weighted by atomic mass is 9.91. The van der Waals surface area contributed by atoms with Crippen molar-refractivity contribution in [1.82, 2.24) is 0 Å². The molecule has 0 aliphatic carbocycles. The van der Waals surface area contributed by atoms with E-state index < -0.39 is 0 Å². The first kappa shape index (κ1) is 14.5. The summed E-state index contributed by atoms with van der Waals surface area (Å²) in [6.07, 6.45) is 4.51. The molecule has 0 aromatic carbocycles. The lowest BCUT2D eigenvalue weighted by Crippen LogP contribution is -2.42. The van der Waals surface area contributed by atoms with Gasteiger partial charge in [-0.25, -0.2) is 0 Å². The van der Waals surface area contributed by atoms with Crippen molar-refractivity contribution >= 4 is 5.97 Å². The standard InChI is InChI=1S/C14H28NO2/c1-5-14(2,3)13(16)17-12-8-11-15(4)9-6-7-10-15/h5-12H2,1-4H3/q+1. The van der Waals surface area contributed by atoms with Crippen LogP contribution in [-0.2, 0) is 9.53 Å². The molecule has 0 aromatic rings. The van der Waals surface area contributed by atoms with Gasteiger partial charge in [0.25, 0.3) is 0 Å². The van der Waals surface area contributed by atoms with Crippen LogP contribution >= 0.6 is 0 Å². The molecule has 17 heavy (non-hydrogen) atoms. The smallest absolute Gasteiger partial charge is 0.311 e. The molecular formula is C14H28NO2+. The van der Waals surface area contributed by atoms with Crippen LogP contribution in [-0.4, -0.2) is 43.7 Å². The van der Waals surface area contributed by atoms with E-state index in [-0.39, 0.29) is 11.4 Å². The molecule has 3 heteroatoms. The van der Waals surface area contributed by atoms with Gasteiger partial charge in [0.1, 0.15) is 0 Å². The second-order valence-electron chi connectivity index (χ2n) is 6.22. The molecule has 0 N–H and O–H groups in total. The second-order valence-corrected chi connectivity index (χ2v) is 6.22. The highest BCUT2D eigenvalue weighted by Crippen LogP contribution is 2.22. The maximum Gasteiger partial charge on any atom is 0.311 e. The van der Waals surface area contributed by atoms with E-state index in [4.69, 9.17) is 4.74 Å². The van der Waals surface area contributed by atoms with Crippen molar-refractivity contribution in [2.24, 2.45) is 5.41 Å². The molecule has 0 radical (unpaired) electrons. The highest BCUT2D eigenvalue weighted by molar-refractivity contribution is 5.75. The normalized spacial score (nSPS) is 19.3. The van der Waals surface area contributed by atoms with E-state index >= 15 is 0 Å². The fourth-order valence-corrected chi connectivity index (χ4v) is 2.27. The Labute approximate surface area is 106 Å². The van der Waals surface area contributed by atoms with Crippen molar-refractivity contribution in [1.29, 1.82) is 0 Å². The number of rotatable bonds is 6. The van der Waals surface area contributed by atoms with E-state index in [0.29, 0.717) is 6.61 Å². The second kappa shape index (κ2) is 5.85. The minimum atomic E-state index is -0.327. The van der Waals surface area contributed by atoms with Gasteiger partial charge in [0.05, 0.1) is 38.7 Å². The monoisotopic (exact) mass is 242 g/mol. The molecular weight excluding hydrogens is 214 g/mol. The number of carbonyl (C=O) groups is 1. The number of nitrogens with zero attached hydrogens (tertiary/aromatic N) is 1. The maximum atomic E-state index is 11.7. The SMILES string of the molecule is CCC(C)(C)C(=O)OCCC[N+]1(C)CCCC1. The highest BCUT2D eigenvalue weighted by Gasteiger charge is 2.28. The summed E-state index contributed by atoms with van der Waals surface area (Å²) in [7, 11) is 2.31. The Balaban J connectivity index is 2.18. The van der Waals surface area contributed by atoms with Crippen LogP contribution in [0.15, 0.2) is 0 Å². The van der Waals surface area contributed by atoms with Gasteiger partial charge in [0.15, 0.2) is 0 Å². The number of ether oxygens (including phenoxy) is 1. The number of carbonyl (C=O) groups excluding carboxylic acids is 1. The Kier molecular flexibility index (Phi) is 4.99. The minimum Gasteiger partial charge on any atom is -0.465 e. The summed E-state index contributed by atoms with van der Waals surface area (Å²) >= 11 is 0.